The molecule has 0 aromatic carbocycles. The Balaban J connectivity index is 2.51. The second kappa shape index (κ2) is 8.21. The van der Waals surface area contributed by atoms with Gasteiger partial charge in [-0.1, -0.05) is 0 Å². The van der Waals surface area contributed by atoms with Crippen LogP contribution in [-0.4, -0.2) is 37.4 Å². The topological polar surface area (TPSA) is 101 Å². The van der Waals surface area contributed by atoms with Crippen molar-refractivity contribution >= 4 is 12.0 Å². The van der Waals surface area contributed by atoms with Crippen LogP contribution >= 0.6 is 0 Å². The van der Waals surface area contributed by atoms with Crippen molar-refractivity contribution in [2.24, 2.45) is 0 Å². The fourth-order valence-corrected chi connectivity index (χ4v) is 1.65. The predicted molar refractivity (Wildman–Crippen MR) is 71.5 cm³/mol. The van der Waals surface area contributed by atoms with Crippen LogP contribution in [0.2, 0.25) is 0 Å². The van der Waals surface area contributed by atoms with Gasteiger partial charge >= 0.3 is 12.0 Å². The number of urea groups is 1. The first-order valence-corrected chi connectivity index (χ1v) is 6.34. The first-order valence-electron chi connectivity index (χ1n) is 6.34. The molecule has 0 saturated heterocycles. The second-order valence-corrected chi connectivity index (χ2v) is 4.33. The molecule has 1 rings (SSSR count). The van der Waals surface area contributed by atoms with Crippen LogP contribution in [0.3, 0.4) is 0 Å². The average molecular weight is 284 g/mol. The summed E-state index contributed by atoms with van der Waals surface area (Å²) in [5, 5.41) is 13.7. The van der Waals surface area contributed by atoms with E-state index in [1.165, 1.54) is 0 Å². The molecule has 0 fully saturated rings. The standard InChI is InChI=1S/C13H20N2O5/c1-9-3-4-11(20-9)10(6-8-19-2)15-13(18)14-7-5-12(16)17/h3-4,10H,5-8H2,1-2H3,(H,16,17)(H2,14,15,18). The molecule has 7 nitrogen and oxygen atoms in total. The van der Waals surface area contributed by atoms with Crippen molar-refractivity contribution < 1.29 is 23.8 Å². The highest BCUT2D eigenvalue weighted by Gasteiger charge is 2.17. The lowest BCUT2D eigenvalue weighted by molar-refractivity contribution is -0.136. The van der Waals surface area contributed by atoms with E-state index >= 15 is 0 Å². The summed E-state index contributed by atoms with van der Waals surface area (Å²) in [7, 11) is 1.58. The molecule has 1 aromatic heterocycles. The van der Waals surface area contributed by atoms with Crippen LogP contribution < -0.4 is 10.6 Å². The Bertz CT molecular complexity index is 444. The number of methoxy groups -OCH3 is 1. The molecule has 1 unspecified atom stereocenters. The average Bonchev–Trinajstić information content (AvgIpc) is 2.80. The fraction of sp³-hybridized carbons (Fsp3) is 0.538. The molecule has 0 spiro atoms. The van der Waals surface area contributed by atoms with Gasteiger partial charge in [-0.05, 0) is 25.5 Å². The van der Waals surface area contributed by atoms with Crippen LogP contribution in [0.5, 0.6) is 0 Å². The quantitative estimate of drug-likeness (QED) is 0.670. The van der Waals surface area contributed by atoms with Crippen LogP contribution in [0.25, 0.3) is 0 Å². The minimum Gasteiger partial charge on any atom is -0.481 e. The zero-order chi connectivity index (χ0) is 15.0. The maximum absolute atomic E-state index is 11.7. The van der Waals surface area contributed by atoms with Crippen LogP contribution in [0.15, 0.2) is 16.5 Å². The molecule has 0 aliphatic rings. The Morgan fingerprint density at radius 1 is 1.45 bits per heavy atom. The first-order chi connectivity index (χ1) is 9.52. The van der Waals surface area contributed by atoms with Gasteiger partial charge in [0.2, 0.25) is 0 Å². The third kappa shape index (κ3) is 5.75. The number of ether oxygens (including phenoxy) is 1. The Hall–Kier alpha value is -2.02. The number of rotatable bonds is 8. The van der Waals surface area contributed by atoms with Gasteiger partial charge in [0.1, 0.15) is 11.5 Å². The van der Waals surface area contributed by atoms with Crippen molar-refractivity contribution in [2.45, 2.75) is 25.8 Å². The van der Waals surface area contributed by atoms with Crippen molar-refractivity contribution in [3.63, 3.8) is 0 Å². The summed E-state index contributed by atoms with van der Waals surface area (Å²) < 4.78 is 10.5. The maximum Gasteiger partial charge on any atom is 0.315 e. The van der Waals surface area contributed by atoms with Gasteiger partial charge < -0.3 is 24.9 Å². The van der Waals surface area contributed by atoms with E-state index in [1.807, 2.05) is 13.0 Å². The molecule has 1 aromatic rings. The minimum atomic E-state index is -0.956. The second-order valence-electron chi connectivity index (χ2n) is 4.33. The predicted octanol–water partition coefficient (Wildman–Crippen LogP) is 1.44. The number of nitrogens with one attached hydrogen (secondary N) is 2. The van der Waals surface area contributed by atoms with E-state index in [2.05, 4.69) is 10.6 Å². The summed E-state index contributed by atoms with van der Waals surface area (Å²) in [5.41, 5.74) is 0. The lowest BCUT2D eigenvalue weighted by Crippen LogP contribution is -2.39. The van der Waals surface area contributed by atoms with Crippen molar-refractivity contribution in [1.82, 2.24) is 10.6 Å². The highest BCUT2D eigenvalue weighted by molar-refractivity contribution is 5.75. The van der Waals surface area contributed by atoms with E-state index in [0.717, 1.165) is 5.76 Å². The summed E-state index contributed by atoms with van der Waals surface area (Å²) in [4.78, 5) is 22.0. The molecular formula is C13H20N2O5. The SMILES string of the molecule is COCCC(NC(=O)NCCC(=O)O)c1ccc(C)o1. The van der Waals surface area contributed by atoms with E-state index in [4.69, 9.17) is 14.3 Å². The lowest BCUT2D eigenvalue weighted by Gasteiger charge is -2.16. The summed E-state index contributed by atoms with van der Waals surface area (Å²) in [5.74, 6) is 0.450. The van der Waals surface area contributed by atoms with E-state index in [-0.39, 0.29) is 19.0 Å². The molecule has 0 saturated carbocycles. The Labute approximate surface area is 117 Å². The third-order valence-electron chi connectivity index (χ3n) is 2.64. The fourth-order valence-electron chi connectivity index (χ4n) is 1.65. The summed E-state index contributed by atoms with van der Waals surface area (Å²) >= 11 is 0. The van der Waals surface area contributed by atoms with Gasteiger partial charge in [0.05, 0.1) is 12.5 Å². The molecule has 0 bridgehead atoms. The molecule has 2 amide bonds. The molecule has 0 radical (unpaired) electrons. The molecule has 0 aliphatic heterocycles. The highest BCUT2D eigenvalue weighted by Crippen LogP contribution is 2.19. The van der Waals surface area contributed by atoms with E-state index in [0.29, 0.717) is 18.8 Å². The molecule has 1 heterocycles. The normalized spacial score (nSPS) is 11.9. The zero-order valence-electron chi connectivity index (χ0n) is 11.6. The number of hydrogen-bond donors (Lipinski definition) is 3. The van der Waals surface area contributed by atoms with E-state index < -0.39 is 12.0 Å². The lowest BCUT2D eigenvalue weighted by atomic mass is 10.1. The summed E-state index contributed by atoms with van der Waals surface area (Å²) in [6.07, 6.45) is 0.450. The Morgan fingerprint density at radius 2 is 2.20 bits per heavy atom. The smallest absolute Gasteiger partial charge is 0.315 e. The van der Waals surface area contributed by atoms with Gasteiger partial charge in [-0.3, -0.25) is 4.79 Å². The number of aliphatic carboxylic acids is 1. The first kappa shape index (κ1) is 16.0. The van der Waals surface area contributed by atoms with Crippen molar-refractivity contribution in [3.8, 4) is 0 Å². The van der Waals surface area contributed by atoms with E-state index in [9.17, 15) is 9.59 Å². The van der Waals surface area contributed by atoms with E-state index in [1.54, 1.807) is 13.2 Å². The Kier molecular flexibility index (Phi) is 6.58. The van der Waals surface area contributed by atoms with Crippen molar-refractivity contribution in [2.75, 3.05) is 20.3 Å². The van der Waals surface area contributed by atoms with Crippen LogP contribution in [0.4, 0.5) is 4.79 Å². The number of carboxylic acids is 1. The molecule has 7 heteroatoms. The molecule has 20 heavy (non-hydrogen) atoms. The number of furan rings is 1. The van der Waals surface area contributed by atoms with Crippen LogP contribution in [0.1, 0.15) is 30.4 Å². The van der Waals surface area contributed by atoms with Crippen LogP contribution in [-0.2, 0) is 9.53 Å². The molecular weight excluding hydrogens is 264 g/mol. The van der Waals surface area contributed by atoms with Gasteiger partial charge in [-0.2, -0.15) is 0 Å². The molecule has 0 aliphatic carbocycles. The minimum absolute atomic E-state index is 0.0787. The number of carbonyl (C=O) groups is 2. The summed E-state index contributed by atoms with van der Waals surface area (Å²) in [6, 6.07) is 2.88. The van der Waals surface area contributed by atoms with Gasteiger partial charge in [-0.25, -0.2) is 4.79 Å². The number of amides is 2. The van der Waals surface area contributed by atoms with Crippen molar-refractivity contribution in [3.05, 3.63) is 23.7 Å². The summed E-state index contributed by atoms with van der Waals surface area (Å²) in [6.45, 7) is 2.37. The third-order valence-corrected chi connectivity index (χ3v) is 2.64. The van der Waals surface area contributed by atoms with Crippen molar-refractivity contribution in [1.29, 1.82) is 0 Å². The highest BCUT2D eigenvalue weighted by atomic mass is 16.5. The zero-order valence-corrected chi connectivity index (χ0v) is 11.6. The monoisotopic (exact) mass is 284 g/mol. The van der Waals surface area contributed by atoms with Crippen LogP contribution in [0, 0.1) is 6.92 Å². The van der Waals surface area contributed by atoms with Gasteiger partial charge in [0, 0.05) is 20.3 Å². The number of carboxylic acid groups (broad SMARTS) is 1. The molecule has 1 atom stereocenters. The maximum atomic E-state index is 11.7. The van der Waals surface area contributed by atoms with Gasteiger partial charge in [0.25, 0.3) is 0 Å². The number of aryl methyl sites for hydroxylation is 1. The number of hydrogen-bond acceptors (Lipinski definition) is 4. The number of carbonyl (C=O) groups excluding carboxylic acids is 1. The molecule has 112 valence electrons. The van der Waals surface area contributed by atoms with Gasteiger partial charge in [0.15, 0.2) is 0 Å². The molecule has 3 N–H and O–H groups in total. The Morgan fingerprint density at radius 3 is 2.75 bits per heavy atom. The van der Waals surface area contributed by atoms with Gasteiger partial charge in [-0.15, -0.1) is 0 Å². The largest absolute Gasteiger partial charge is 0.481 e.